The SMILES string of the molecule is COc1cc(Br)c2c(c1)C(N)COCC2. The lowest BCUT2D eigenvalue weighted by Gasteiger charge is -2.14. The zero-order valence-electron chi connectivity index (χ0n) is 8.63. The van der Waals surface area contributed by atoms with E-state index < -0.39 is 0 Å². The molecule has 1 aliphatic rings. The van der Waals surface area contributed by atoms with E-state index in [9.17, 15) is 0 Å². The van der Waals surface area contributed by atoms with E-state index in [-0.39, 0.29) is 6.04 Å². The highest BCUT2D eigenvalue weighted by Gasteiger charge is 2.18. The first-order valence-electron chi connectivity index (χ1n) is 4.92. The predicted octanol–water partition coefficient (Wildman–Crippen LogP) is 2.03. The maximum absolute atomic E-state index is 6.04. The summed E-state index contributed by atoms with van der Waals surface area (Å²) in [5, 5.41) is 0. The van der Waals surface area contributed by atoms with Gasteiger partial charge in [0.15, 0.2) is 0 Å². The Morgan fingerprint density at radius 1 is 1.53 bits per heavy atom. The van der Waals surface area contributed by atoms with Crippen LogP contribution < -0.4 is 10.5 Å². The zero-order chi connectivity index (χ0) is 10.8. The number of halogens is 1. The van der Waals surface area contributed by atoms with Crippen molar-refractivity contribution < 1.29 is 9.47 Å². The number of hydrogen-bond acceptors (Lipinski definition) is 3. The normalized spacial score (nSPS) is 20.6. The maximum Gasteiger partial charge on any atom is 0.120 e. The van der Waals surface area contributed by atoms with Crippen LogP contribution in [0.3, 0.4) is 0 Å². The second kappa shape index (κ2) is 4.51. The molecule has 3 nitrogen and oxygen atoms in total. The van der Waals surface area contributed by atoms with Gasteiger partial charge in [-0.1, -0.05) is 15.9 Å². The second-order valence-electron chi connectivity index (χ2n) is 3.61. The molecule has 1 aromatic carbocycles. The number of hydrogen-bond donors (Lipinski definition) is 1. The first kappa shape index (κ1) is 10.9. The molecule has 2 N–H and O–H groups in total. The molecule has 0 aliphatic carbocycles. The molecule has 0 amide bonds. The van der Waals surface area contributed by atoms with Gasteiger partial charge in [0.25, 0.3) is 0 Å². The van der Waals surface area contributed by atoms with Gasteiger partial charge in [0.2, 0.25) is 0 Å². The van der Waals surface area contributed by atoms with E-state index in [1.54, 1.807) is 7.11 Å². The van der Waals surface area contributed by atoms with Crippen molar-refractivity contribution in [3.05, 3.63) is 27.7 Å². The fourth-order valence-electron chi connectivity index (χ4n) is 1.82. The van der Waals surface area contributed by atoms with E-state index in [2.05, 4.69) is 15.9 Å². The summed E-state index contributed by atoms with van der Waals surface area (Å²) < 4.78 is 11.7. The molecule has 0 radical (unpaired) electrons. The van der Waals surface area contributed by atoms with E-state index in [1.165, 1.54) is 5.56 Å². The summed E-state index contributed by atoms with van der Waals surface area (Å²) in [5.74, 6) is 0.831. The van der Waals surface area contributed by atoms with Crippen molar-refractivity contribution in [1.82, 2.24) is 0 Å². The minimum atomic E-state index is -0.0612. The van der Waals surface area contributed by atoms with Crippen molar-refractivity contribution in [2.24, 2.45) is 5.73 Å². The highest BCUT2D eigenvalue weighted by atomic mass is 79.9. The Morgan fingerprint density at radius 2 is 2.33 bits per heavy atom. The molecule has 1 aromatic rings. The third kappa shape index (κ3) is 2.17. The van der Waals surface area contributed by atoms with Crippen LogP contribution in [0.4, 0.5) is 0 Å². The molecular formula is C11H14BrNO2. The Bertz CT molecular complexity index is 368. The molecule has 2 rings (SSSR count). The number of rotatable bonds is 1. The molecule has 15 heavy (non-hydrogen) atoms. The maximum atomic E-state index is 6.04. The summed E-state index contributed by atoms with van der Waals surface area (Å²) in [4.78, 5) is 0. The molecular weight excluding hydrogens is 258 g/mol. The predicted molar refractivity (Wildman–Crippen MR) is 62.1 cm³/mol. The standard InChI is InChI=1S/C11H14BrNO2/c1-14-7-4-9-8(10(12)5-7)2-3-15-6-11(9)13/h4-5,11H,2-3,6,13H2,1H3. The van der Waals surface area contributed by atoms with E-state index in [1.807, 2.05) is 12.1 Å². The van der Waals surface area contributed by atoms with Crippen molar-refractivity contribution >= 4 is 15.9 Å². The minimum absolute atomic E-state index is 0.0612. The van der Waals surface area contributed by atoms with Gasteiger partial charge in [-0.15, -0.1) is 0 Å². The molecule has 0 bridgehead atoms. The minimum Gasteiger partial charge on any atom is -0.497 e. The topological polar surface area (TPSA) is 44.5 Å². The molecule has 0 fully saturated rings. The summed E-state index contributed by atoms with van der Waals surface area (Å²) in [6.07, 6.45) is 0.896. The van der Waals surface area contributed by atoms with Gasteiger partial charge in [-0.05, 0) is 29.7 Å². The second-order valence-corrected chi connectivity index (χ2v) is 4.46. The lowest BCUT2D eigenvalue weighted by molar-refractivity contribution is 0.131. The number of ether oxygens (including phenoxy) is 2. The van der Waals surface area contributed by atoms with Crippen LogP contribution in [0.2, 0.25) is 0 Å². The van der Waals surface area contributed by atoms with Crippen LogP contribution in [0.5, 0.6) is 5.75 Å². The monoisotopic (exact) mass is 271 g/mol. The van der Waals surface area contributed by atoms with Crippen LogP contribution in [-0.4, -0.2) is 20.3 Å². The van der Waals surface area contributed by atoms with Gasteiger partial charge in [-0.25, -0.2) is 0 Å². The highest BCUT2D eigenvalue weighted by Crippen LogP contribution is 2.32. The van der Waals surface area contributed by atoms with Gasteiger partial charge in [0, 0.05) is 4.47 Å². The highest BCUT2D eigenvalue weighted by molar-refractivity contribution is 9.10. The lowest BCUT2D eigenvalue weighted by Crippen LogP contribution is -2.16. The van der Waals surface area contributed by atoms with E-state index >= 15 is 0 Å². The van der Waals surface area contributed by atoms with Crippen LogP contribution in [0.1, 0.15) is 17.2 Å². The molecule has 82 valence electrons. The van der Waals surface area contributed by atoms with E-state index in [0.29, 0.717) is 6.61 Å². The van der Waals surface area contributed by atoms with Gasteiger partial charge >= 0.3 is 0 Å². The van der Waals surface area contributed by atoms with Crippen LogP contribution in [0.25, 0.3) is 0 Å². The molecule has 0 saturated carbocycles. The Hall–Kier alpha value is -0.580. The molecule has 0 saturated heterocycles. The molecule has 1 atom stereocenters. The van der Waals surface area contributed by atoms with Gasteiger partial charge in [0.05, 0.1) is 26.4 Å². The van der Waals surface area contributed by atoms with Gasteiger partial charge in [-0.3, -0.25) is 0 Å². The quantitative estimate of drug-likeness (QED) is 0.850. The summed E-state index contributed by atoms with van der Waals surface area (Å²) in [5.41, 5.74) is 8.40. The van der Waals surface area contributed by atoms with Crippen LogP contribution in [-0.2, 0) is 11.2 Å². The third-order valence-corrected chi connectivity index (χ3v) is 3.34. The van der Waals surface area contributed by atoms with Crippen molar-refractivity contribution in [1.29, 1.82) is 0 Å². The number of benzene rings is 1. The summed E-state index contributed by atoms with van der Waals surface area (Å²) in [6.45, 7) is 1.30. The smallest absolute Gasteiger partial charge is 0.120 e. The Morgan fingerprint density at radius 3 is 3.07 bits per heavy atom. The Kier molecular flexibility index (Phi) is 3.29. The average Bonchev–Trinajstić information content (AvgIpc) is 2.41. The van der Waals surface area contributed by atoms with Crippen LogP contribution in [0.15, 0.2) is 16.6 Å². The first-order valence-corrected chi connectivity index (χ1v) is 5.71. The number of nitrogens with two attached hydrogens (primary N) is 1. The largest absolute Gasteiger partial charge is 0.497 e. The van der Waals surface area contributed by atoms with Gasteiger partial charge in [0.1, 0.15) is 5.75 Å². The molecule has 0 spiro atoms. The summed E-state index contributed by atoms with van der Waals surface area (Å²) in [6, 6.07) is 3.91. The van der Waals surface area contributed by atoms with E-state index in [0.717, 1.165) is 28.8 Å². The zero-order valence-corrected chi connectivity index (χ0v) is 10.2. The number of methoxy groups -OCH3 is 1. The molecule has 1 heterocycles. The van der Waals surface area contributed by atoms with E-state index in [4.69, 9.17) is 15.2 Å². The Balaban J connectivity index is 2.50. The van der Waals surface area contributed by atoms with Crippen molar-refractivity contribution in [2.45, 2.75) is 12.5 Å². The molecule has 4 heteroatoms. The van der Waals surface area contributed by atoms with Crippen molar-refractivity contribution in [3.8, 4) is 5.75 Å². The Labute approximate surface area is 97.7 Å². The molecule has 1 aliphatic heterocycles. The molecule has 0 aromatic heterocycles. The fourth-order valence-corrected chi connectivity index (χ4v) is 2.47. The average molecular weight is 272 g/mol. The fraction of sp³-hybridized carbons (Fsp3) is 0.455. The van der Waals surface area contributed by atoms with Gasteiger partial charge in [-0.2, -0.15) is 0 Å². The van der Waals surface area contributed by atoms with Gasteiger partial charge < -0.3 is 15.2 Å². The lowest BCUT2D eigenvalue weighted by atomic mass is 10.00. The number of fused-ring (bicyclic) bond motifs is 1. The summed E-state index contributed by atoms with van der Waals surface area (Å²) >= 11 is 3.54. The van der Waals surface area contributed by atoms with Crippen LogP contribution in [0, 0.1) is 0 Å². The van der Waals surface area contributed by atoms with Crippen molar-refractivity contribution in [2.75, 3.05) is 20.3 Å². The van der Waals surface area contributed by atoms with Crippen LogP contribution >= 0.6 is 15.9 Å². The summed E-state index contributed by atoms with van der Waals surface area (Å²) in [7, 11) is 1.66. The van der Waals surface area contributed by atoms with Crippen molar-refractivity contribution in [3.63, 3.8) is 0 Å². The first-order chi connectivity index (χ1) is 7.22. The molecule has 1 unspecified atom stereocenters. The third-order valence-electron chi connectivity index (χ3n) is 2.63.